The van der Waals surface area contributed by atoms with Crippen LogP contribution in [0.1, 0.15) is 47.1 Å². The molecule has 1 N–H and O–H groups in total. The van der Waals surface area contributed by atoms with Crippen molar-refractivity contribution in [1.82, 2.24) is 14.7 Å². The second kappa shape index (κ2) is 10.7. The van der Waals surface area contributed by atoms with Crippen molar-refractivity contribution < 1.29 is 14.3 Å². The van der Waals surface area contributed by atoms with Gasteiger partial charge in [0.1, 0.15) is 11.5 Å². The first-order valence-electron chi connectivity index (χ1n) is 11.8. The van der Waals surface area contributed by atoms with Crippen LogP contribution in [-0.2, 0) is 6.54 Å². The highest BCUT2D eigenvalue weighted by Gasteiger charge is 2.27. The molecule has 1 aliphatic rings. The van der Waals surface area contributed by atoms with Crippen molar-refractivity contribution in [3.63, 3.8) is 0 Å². The zero-order chi connectivity index (χ0) is 23.2. The summed E-state index contributed by atoms with van der Waals surface area (Å²) in [5.74, 6) is 1.32. The molecule has 0 saturated carbocycles. The second-order valence-electron chi connectivity index (χ2n) is 8.49. The van der Waals surface area contributed by atoms with Gasteiger partial charge in [-0.15, -0.1) is 0 Å². The molecule has 6 heteroatoms. The predicted molar refractivity (Wildman–Crippen MR) is 129 cm³/mol. The number of hydrogen-bond donors (Lipinski definition) is 1. The smallest absolute Gasteiger partial charge is 0.253 e. The van der Waals surface area contributed by atoms with E-state index in [4.69, 9.17) is 4.42 Å². The quantitative estimate of drug-likeness (QED) is 0.556. The van der Waals surface area contributed by atoms with Gasteiger partial charge in [0.25, 0.3) is 5.91 Å². The molecule has 0 bridgehead atoms. The summed E-state index contributed by atoms with van der Waals surface area (Å²) in [6, 6.07) is 19.4. The van der Waals surface area contributed by atoms with Crippen LogP contribution in [-0.4, -0.2) is 65.0 Å². The number of phenols is 1. The molecule has 1 aromatic heterocycles. The van der Waals surface area contributed by atoms with Gasteiger partial charge in [0.2, 0.25) is 0 Å². The van der Waals surface area contributed by atoms with Crippen LogP contribution in [0.25, 0.3) is 0 Å². The van der Waals surface area contributed by atoms with E-state index in [1.165, 1.54) is 0 Å². The van der Waals surface area contributed by atoms with E-state index in [0.717, 1.165) is 49.6 Å². The number of piperazine rings is 1. The number of amides is 1. The maximum absolute atomic E-state index is 12.7. The third kappa shape index (κ3) is 5.46. The molecule has 1 aliphatic heterocycles. The Labute approximate surface area is 196 Å². The van der Waals surface area contributed by atoms with E-state index in [9.17, 15) is 9.90 Å². The van der Waals surface area contributed by atoms with Gasteiger partial charge in [-0.25, -0.2) is 0 Å². The number of carbonyl (C=O) groups is 1. The lowest BCUT2D eigenvalue weighted by Gasteiger charge is -2.39. The zero-order valence-electron chi connectivity index (χ0n) is 19.5. The molecule has 0 spiro atoms. The fourth-order valence-corrected chi connectivity index (χ4v) is 4.61. The maximum Gasteiger partial charge on any atom is 0.253 e. The van der Waals surface area contributed by atoms with E-state index in [1.54, 1.807) is 12.3 Å². The maximum atomic E-state index is 12.7. The highest BCUT2D eigenvalue weighted by molar-refractivity contribution is 5.94. The monoisotopic (exact) mass is 447 g/mol. The summed E-state index contributed by atoms with van der Waals surface area (Å²) < 4.78 is 5.51. The fraction of sp³-hybridized carbons (Fsp3) is 0.370. The summed E-state index contributed by atoms with van der Waals surface area (Å²) in [6.45, 7) is 9.90. The lowest BCUT2D eigenvalue weighted by Crippen LogP contribution is -2.47. The van der Waals surface area contributed by atoms with Crippen LogP contribution in [0.2, 0.25) is 0 Å². The number of nitrogens with zero attached hydrogens (tertiary/aromatic N) is 3. The normalized spacial score (nSPS) is 15.9. The molecule has 6 nitrogen and oxygen atoms in total. The molecule has 1 atom stereocenters. The zero-order valence-corrected chi connectivity index (χ0v) is 19.5. The first-order chi connectivity index (χ1) is 16.1. The Bertz CT molecular complexity index is 1020. The average molecular weight is 448 g/mol. The van der Waals surface area contributed by atoms with Gasteiger partial charge in [0.15, 0.2) is 0 Å². The molecular formula is C27H33N3O3. The minimum Gasteiger partial charge on any atom is -0.508 e. The van der Waals surface area contributed by atoms with Crippen LogP contribution in [0.5, 0.6) is 5.75 Å². The Morgan fingerprint density at radius 2 is 1.70 bits per heavy atom. The van der Waals surface area contributed by atoms with E-state index in [2.05, 4.69) is 28.0 Å². The Hall–Kier alpha value is -3.09. The van der Waals surface area contributed by atoms with Crippen molar-refractivity contribution in [3.8, 4) is 5.75 Å². The highest BCUT2D eigenvalue weighted by atomic mass is 16.3. The molecule has 3 aromatic rings. The summed E-state index contributed by atoms with van der Waals surface area (Å²) in [4.78, 5) is 19.4. The van der Waals surface area contributed by atoms with Gasteiger partial charge in [-0.2, -0.15) is 0 Å². The number of furan rings is 1. The molecule has 1 amide bonds. The summed E-state index contributed by atoms with van der Waals surface area (Å²) in [6.07, 6.45) is 1.72. The number of rotatable bonds is 8. The summed E-state index contributed by atoms with van der Waals surface area (Å²) >= 11 is 0. The standard InChI is InChI=1S/C27H33N3O3/c1-3-29(4-2)27(32)22-12-10-21(11-13-22)26(23-7-5-8-24(31)19-23)30-16-14-28(15-17-30)20-25-9-6-18-33-25/h5-13,18-19,26,31H,3-4,14-17,20H2,1-2H3. The lowest BCUT2D eigenvalue weighted by atomic mass is 9.95. The second-order valence-corrected chi connectivity index (χ2v) is 8.49. The van der Waals surface area contributed by atoms with Crippen LogP contribution in [0.4, 0.5) is 0 Å². The van der Waals surface area contributed by atoms with Crippen LogP contribution in [0.3, 0.4) is 0 Å². The summed E-state index contributed by atoms with van der Waals surface area (Å²) in [5.41, 5.74) is 2.88. The van der Waals surface area contributed by atoms with Crippen molar-refractivity contribution in [2.24, 2.45) is 0 Å². The molecule has 0 radical (unpaired) electrons. The van der Waals surface area contributed by atoms with Crippen LogP contribution < -0.4 is 0 Å². The van der Waals surface area contributed by atoms with Gasteiger partial charge in [-0.05, 0) is 61.4 Å². The summed E-state index contributed by atoms with van der Waals surface area (Å²) in [5, 5.41) is 10.1. The Kier molecular flexibility index (Phi) is 7.47. The first kappa shape index (κ1) is 23.1. The number of benzene rings is 2. The molecule has 33 heavy (non-hydrogen) atoms. The minimum atomic E-state index is 0.0143. The highest BCUT2D eigenvalue weighted by Crippen LogP contribution is 2.32. The van der Waals surface area contributed by atoms with Crippen LogP contribution in [0.15, 0.2) is 71.3 Å². The van der Waals surface area contributed by atoms with Crippen molar-refractivity contribution >= 4 is 5.91 Å². The first-order valence-corrected chi connectivity index (χ1v) is 11.8. The topological polar surface area (TPSA) is 60.2 Å². The molecule has 2 heterocycles. The lowest BCUT2D eigenvalue weighted by molar-refractivity contribution is 0.0772. The van der Waals surface area contributed by atoms with Gasteiger partial charge in [-0.1, -0.05) is 24.3 Å². The van der Waals surface area contributed by atoms with Crippen molar-refractivity contribution in [2.75, 3.05) is 39.3 Å². The number of hydrogen-bond acceptors (Lipinski definition) is 5. The Balaban J connectivity index is 1.54. The fourth-order valence-electron chi connectivity index (χ4n) is 4.61. The van der Waals surface area contributed by atoms with Crippen molar-refractivity contribution in [3.05, 3.63) is 89.4 Å². The van der Waals surface area contributed by atoms with Gasteiger partial charge in [-0.3, -0.25) is 14.6 Å². The third-order valence-corrected chi connectivity index (χ3v) is 6.44. The molecule has 2 aromatic carbocycles. The molecule has 1 unspecified atom stereocenters. The number of carbonyl (C=O) groups excluding carboxylic acids is 1. The SMILES string of the molecule is CCN(CC)C(=O)c1ccc(C(c2cccc(O)c2)N2CCN(Cc3ccco3)CC2)cc1. The molecule has 174 valence electrons. The average Bonchev–Trinajstić information content (AvgIpc) is 3.35. The van der Waals surface area contributed by atoms with E-state index >= 15 is 0 Å². The molecule has 4 rings (SSSR count). The molecular weight excluding hydrogens is 414 g/mol. The predicted octanol–water partition coefficient (Wildman–Crippen LogP) is 4.37. The van der Waals surface area contributed by atoms with Gasteiger partial charge in [0, 0.05) is 44.8 Å². The van der Waals surface area contributed by atoms with Crippen molar-refractivity contribution in [1.29, 1.82) is 0 Å². The largest absolute Gasteiger partial charge is 0.508 e. The third-order valence-electron chi connectivity index (χ3n) is 6.44. The molecule has 0 aliphatic carbocycles. The van der Waals surface area contributed by atoms with E-state index in [-0.39, 0.29) is 17.7 Å². The molecule has 1 fully saturated rings. The number of aromatic hydroxyl groups is 1. The van der Waals surface area contributed by atoms with E-state index < -0.39 is 0 Å². The van der Waals surface area contributed by atoms with Crippen molar-refractivity contribution in [2.45, 2.75) is 26.4 Å². The molecule has 1 saturated heterocycles. The summed E-state index contributed by atoms with van der Waals surface area (Å²) in [7, 11) is 0. The Morgan fingerprint density at radius 3 is 2.30 bits per heavy atom. The Morgan fingerprint density at radius 1 is 0.970 bits per heavy atom. The number of phenolic OH excluding ortho intramolecular Hbond substituents is 1. The van der Waals surface area contributed by atoms with Gasteiger partial charge in [0.05, 0.1) is 18.8 Å². The van der Waals surface area contributed by atoms with E-state index in [0.29, 0.717) is 18.7 Å². The van der Waals surface area contributed by atoms with Crippen LogP contribution >= 0.6 is 0 Å². The van der Waals surface area contributed by atoms with E-state index in [1.807, 2.05) is 55.1 Å². The van der Waals surface area contributed by atoms with Gasteiger partial charge < -0.3 is 14.4 Å². The van der Waals surface area contributed by atoms with Gasteiger partial charge >= 0.3 is 0 Å². The van der Waals surface area contributed by atoms with Crippen LogP contribution in [0, 0.1) is 0 Å². The minimum absolute atomic E-state index is 0.0143.